The number of rotatable bonds is 2. The Hall–Kier alpha value is -1.57. The van der Waals surface area contributed by atoms with E-state index in [2.05, 4.69) is 0 Å². The Balaban J connectivity index is 2.56. The number of hydrogen-bond donors (Lipinski definition) is 0. The van der Waals surface area contributed by atoms with Crippen molar-refractivity contribution in [2.24, 2.45) is 0 Å². The maximum Gasteiger partial charge on any atom is 0.197 e. The lowest BCUT2D eigenvalue weighted by Gasteiger charge is -1.89. The third-order valence-electron chi connectivity index (χ3n) is 2.27. The van der Waals surface area contributed by atoms with Crippen LogP contribution in [0.15, 0.2) is 28.7 Å². The largest absolute Gasteiger partial charge is 0.453 e. The molecule has 0 N–H and O–H groups in total. The molecule has 0 aliphatic carbocycles. The van der Waals surface area contributed by atoms with Gasteiger partial charge in [-0.2, -0.15) is 0 Å². The number of ketones is 1. The summed E-state index contributed by atoms with van der Waals surface area (Å²) >= 11 is 0. The molecule has 1 heterocycles. The summed E-state index contributed by atoms with van der Waals surface area (Å²) < 4.78 is 5.43. The molecule has 0 unspecified atom stereocenters. The van der Waals surface area contributed by atoms with Gasteiger partial charge in [-0.3, -0.25) is 4.79 Å². The number of carbonyl (C=O) groups is 1. The van der Waals surface area contributed by atoms with Crippen molar-refractivity contribution in [1.82, 2.24) is 0 Å². The minimum Gasteiger partial charge on any atom is -0.453 e. The van der Waals surface area contributed by atoms with E-state index in [4.69, 9.17) is 4.42 Å². The molecule has 2 aromatic rings. The molecule has 0 aliphatic rings. The molecule has 72 valence electrons. The van der Waals surface area contributed by atoms with Gasteiger partial charge < -0.3 is 4.42 Å². The summed E-state index contributed by atoms with van der Waals surface area (Å²) in [6.07, 6.45) is 0.485. The van der Waals surface area contributed by atoms with Gasteiger partial charge in [0.1, 0.15) is 5.58 Å². The normalized spacial score (nSPS) is 10.7. The molecule has 1 aromatic heterocycles. The third-order valence-corrected chi connectivity index (χ3v) is 2.27. The van der Waals surface area contributed by atoms with Crippen molar-refractivity contribution in [2.75, 3.05) is 0 Å². The fourth-order valence-corrected chi connectivity index (χ4v) is 1.47. The first kappa shape index (κ1) is 9.00. The molecule has 2 nitrogen and oxygen atoms in total. The van der Waals surface area contributed by atoms with E-state index < -0.39 is 0 Å². The molecule has 1 aromatic carbocycles. The van der Waals surface area contributed by atoms with Gasteiger partial charge in [0.25, 0.3) is 0 Å². The molecule has 0 radical (unpaired) electrons. The fraction of sp³-hybridized carbons (Fsp3) is 0.250. The number of aryl methyl sites for hydroxylation is 1. The summed E-state index contributed by atoms with van der Waals surface area (Å²) in [7, 11) is 0. The van der Waals surface area contributed by atoms with Gasteiger partial charge in [0.2, 0.25) is 0 Å². The highest BCUT2D eigenvalue weighted by atomic mass is 16.3. The monoisotopic (exact) mass is 188 g/mol. The Morgan fingerprint density at radius 3 is 2.86 bits per heavy atom. The highest BCUT2D eigenvalue weighted by molar-refractivity contribution is 5.97. The molecule has 0 saturated carbocycles. The van der Waals surface area contributed by atoms with Crippen molar-refractivity contribution >= 4 is 16.8 Å². The van der Waals surface area contributed by atoms with Gasteiger partial charge >= 0.3 is 0 Å². The molecular formula is C12H12O2. The van der Waals surface area contributed by atoms with Gasteiger partial charge in [-0.15, -0.1) is 0 Å². The molecule has 0 fully saturated rings. The minimum atomic E-state index is 0.0545. The lowest BCUT2D eigenvalue weighted by Crippen LogP contribution is -1.92. The van der Waals surface area contributed by atoms with Crippen LogP contribution in [0.3, 0.4) is 0 Å². The van der Waals surface area contributed by atoms with Gasteiger partial charge in [-0.1, -0.05) is 18.6 Å². The van der Waals surface area contributed by atoms with Crippen molar-refractivity contribution in [3.05, 3.63) is 35.6 Å². The zero-order valence-electron chi connectivity index (χ0n) is 8.33. The molecule has 2 heteroatoms. The van der Waals surface area contributed by atoms with E-state index in [1.165, 1.54) is 5.56 Å². The van der Waals surface area contributed by atoms with E-state index in [-0.39, 0.29) is 5.78 Å². The average molecular weight is 188 g/mol. The second-order valence-corrected chi connectivity index (χ2v) is 3.43. The van der Waals surface area contributed by atoms with Crippen LogP contribution in [-0.2, 0) is 0 Å². The third kappa shape index (κ3) is 1.43. The first-order valence-corrected chi connectivity index (χ1v) is 4.74. The van der Waals surface area contributed by atoms with E-state index >= 15 is 0 Å². The fourth-order valence-electron chi connectivity index (χ4n) is 1.47. The molecule has 14 heavy (non-hydrogen) atoms. The Bertz CT molecular complexity index is 480. The van der Waals surface area contributed by atoms with Crippen LogP contribution in [0.2, 0.25) is 0 Å². The zero-order chi connectivity index (χ0) is 10.1. The summed E-state index contributed by atoms with van der Waals surface area (Å²) in [5.74, 6) is 0.520. The molecule has 0 aliphatic heterocycles. The smallest absolute Gasteiger partial charge is 0.197 e. The molecule has 0 spiro atoms. The molecule has 2 rings (SSSR count). The SMILES string of the molecule is CCC(=O)c1cc2cc(C)ccc2o1. The maximum absolute atomic E-state index is 11.4. The Labute approximate surface area is 82.5 Å². The highest BCUT2D eigenvalue weighted by Crippen LogP contribution is 2.21. The molecule has 0 amide bonds. The number of Topliss-reactive ketones (excluding diaryl/α,β-unsaturated/α-hetero) is 1. The van der Waals surface area contributed by atoms with Crippen LogP contribution in [0.4, 0.5) is 0 Å². The topological polar surface area (TPSA) is 30.2 Å². The Morgan fingerprint density at radius 2 is 2.14 bits per heavy atom. The summed E-state index contributed by atoms with van der Waals surface area (Å²) in [6.45, 7) is 3.86. The summed E-state index contributed by atoms with van der Waals surface area (Å²) in [6, 6.07) is 7.71. The van der Waals surface area contributed by atoms with E-state index in [0.29, 0.717) is 12.2 Å². The van der Waals surface area contributed by atoms with Gasteiger partial charge in [0, 0.05) is 11.8 Å². The molecule has 0 saturated heterocycles. The van der Waals surface area contributed by atoms with Gasteiger partial charge in [-0.25, -0.2) is 0 Å². The van der Waals surface area contributed by atoms with Crippen LogP contribution >= 0.6 is 0 Å². The van der Waals surface area contributed by atoms with Crippen molar-refractivity contribution in [3.63, 3.8) is 0 Å². The van der Waals surface area contributed by atoms with Crippen molar-refractivity contribution in [3.8, 4) is 0 Å². The number of fused-ring (bicyclic) bond motifs is 1. The van der Waals surface area contributed by atoms with E-state index in [1.807, 2.05) is 38.1 Å². The second-order valence-electron chi connectivity index (χ2n) is 3.43. The summed E-state index contributed by atoms with van der Waals surface area (Å²) in [5.41, 5.74) is 1.96. The molecular weight excluding hydrogens is 176 g/mol. The van der Waals surface area contributed by atoms with E-state index in [1.54, 1.807) is 0 Å². The highest BCUT2D eigenvalue weighted by Gasteiger charge is 2.09. The lowest BCUT2D eigenvalue weighted by atomic mass is 10.1. The average Bonchev–Trinajstić information content (AvgIpc) is 2.59. The van der Waals surface area contributed by atoms with E-state index in [0.717, 1.165) is 11.0 Å². The number of carbonyl (C=O) groups excluding carboxylic acids is 1. The Kier molecular flexibility index (Phi) is 2.12. The lowest BCUT2D eigenvalue weighted by molar-refractivity contribution is 0.0963. The van der Waals surface area contributed by atoms with Crippen molar-refractivity contribution < 1.29 is 9.21 Å². The number of hydrogen-bond acceptors (Lipinski definition) is 2. The second kappa shape index (κ2) is 3.29. The standard InChI is InChI=1S/C12H12O2/c1-3-10(13)12-7-9-6-8(2)4-5-11(9)14-12/h4-7H,3H2,1-2H3. The van der Waals surface area contributed by atoms with Crippen LogP contribution in [-0.4, -0.2) is 5.78 Å². The zero-order valence-corrected chi connectivity index (χ0v) is 8.33. The van der Waals surface area contributed by atoms with Gasteiger partial charge in [-0.05, 0) is 25.1 Å². The van der Waals surface area contributed by atoms with Crippen LogP contribution in [0, 0.1) is 6.92 Å². The quantitative estimate of drug-likeness (QED) is 0.676. The van der Waals surface area contributed by atoms with Crippen LogP contribution < -0.4 is 0 Å². The Morgan fingerprint density at radius 1 is 1.36 bits per heavy atom. The molecule has 0 bridgehead atoms. The number of benzene rings is 1. The predicted molar refractivity (Wildman–Crippen MR) is 55.6 cm³/mol. The van der Waals surface area contributed by atoms with E-state index in [9.17, 15) is 4.79 Å². The predicted octanol–water partition coefficient (Wildman–Crippen LogP) is 3.33. The number of furan rings is 1. The van der Waals surface area contributed by atoms with Crippen molar-refractivity contribution in [2.45, 2.75) is 20.3 Å². The van der Waals surface area contributed by atoms with Crippen LogP contribution in [0.25, 0.3) is 11.0 Å². The van der Waals surface area contributed by atoms with Gasteiger partial charge in [0.15, 0.2) is 11.5 Å². The minimum absolute atomic E-state index is 0.0545. The van der Waals surface area contributed by atoms with Crippen LogP contribution in [0.5, 0.6) is 0 Å². The maximum atomic E-state index is 11.4. The van der Waals surface area contributed by atoms with Gasteiger partial charge in [0.05, 0.1) is 0 Å². The van der Waals surface area contributed by atoms with Crippen LogP contribution in [0.1, 0.15) is 29.5 Å². The first-order chi connectivity index (χ1) is 6.70. The first-order valence-electron chi connectivity index (χ1n) is 4.74. The summed E-state index contributed by atoms with van der Waals surface area (Å²) in [5, 5.41) is 1.00. The summed E-state index contributed by atoms with van der Waals surface area (Å²) in [4.78, 5) is 11.4. The van der Waals surface area contributed by atoms with Crippen molar-refractivity contribution in [1.29, 1.82) is 0 Å². The molecule has 0 atom stereocenters.